The number of aryl methyl sites for hydroxylation is 1. The summed E-state index contributed by atoms with van der Waals surface area (Å²) in [7, 11) is 0. The largest absolute Gasteiger partial charge is 0.353 e. The minimum absolute atomic E-state index is 0.100. The third-order valence-electron chi connectivity index (χ3n) is 2.62. The van der Waals surface area contributed by atoms with Crippen molar-refractivity contribution in [1.82, 2.24) is 15.6 Å². The van der Waals surface area contributed by atoms with Crippen molar-refractivity contribution in [2.45, 2.75) is 13.0 Å². The van der Waals surface area contributed by atoms with E-state index in [0.29, 0.717) is 12.4 Å². The molecule has 0 spiro atoms. The van der Waals surface area contributed by atoms with Crippen LogP contribution in [0.5, 0.6) is 0 Å². The number of nitrogens with one attached hydrogen (secondary N) is 3. The van der Waals surface area contributed by atoms with Gasteiger partial charge in [-0.15, -0.1) is 0 Å². The van der Waals surface area contributed by atoms with E-state index in [2.05, 4.69) is 36.9 Å². The van der Waals surface area contributed by atoms with E-state index >= 15 is 0 Å². The van der Waals surface area contributed by atoms with Crippen molar-refractivity contribution in [3.8, 4) is 0 Å². The summed E-state index contributed by atoms with van der Waals surface area (Å²) in [5.74, 6) is 0.229. The maximum Gasteiger partial charge on any atom is 0.244 e. The molecule has 0 aromatic carbocycles. The Morgan fingerprint density at radius 1 is 1.61 bits per heavy atom. The van der Waals surface area contributed by atoms with Crippen molar-refractivity contribution in [3.63, 3.8) is 0 Å². The number of pyridine rings is 1. The first-order valence-corrected chi connectivity index (χ1v) is 6.28. The molecular formula is C11H13BrN4O2. The predicted octanol–water partition coefficient (Wildman–Crippen LogP) is 0.179. The summed E-state index contributed by atoms with van der Waals surface area (Å²) in [6.45, 7) is 2.31. The lowest BCUT2D eigenvalue weighted by molar-refractivity contribution is -0.124. The number of hydrogen-bond acceptors (Lipinski definition) is 4. The first kappa shape index (κ1) is 13.0. The van der Waals surface area contributed by atoms with Crippen molar-refractivity contribution in [1.29, 1.82) is 0 Å². The van der Waals surface area contributed by atoms with Crippen LogP contribution in [0.4, 0.5) is 5.82 Å². The molecule has 0 aliphatic carbocycles. The maximum absolute atomic E-state index is 11.9. The van der Waals surface area contributed by atoms with Gasteiger partial charge in [0.1, 0.15) is 11.9 Å². The molecule has 0 saturated carbocycles. The molecule has 1 unspecified atom stereocenters. The van der Waals surface area contributed by atoms with Gasteiger partial charge in [0, 0.05) is 17.2 Å². The molecule has 2 heterocycles. The van der Waals surface area contributed by atoms with Crippen molar-refractivity contribution in [2.24, 2.45) is 0 Å². The number of aromatic nitrogens is 1. The van der Waals surface area contributed by atoms with Gasteiger partial charge in [0.15, 0.2) is 0 Å². The van der Waals surface area contributed by atoms with Gasteiger partial charge in [-0.1, -0.05) is 0 Å². The van der Waals surface area contributed by atoms with Gasteiger partial charge < -0.3 is 10.6 Å². The van der Waals surface area contributed by atoms with E-state index in [9.17, 15) is 9.59 Å². The molecule has 18 heavy (non-hydrogen) atoms. The van der Waals surface area contributed by atoms with Crippen LogP contribution in [0.1, 0.15) is 5.56 Å². The van der Waals surface area contributed by atoms with Gasteiger partial charge in [-0.3, -0.25) is 14.9 Å². The summed E-state index contributed by atoms with van der Waals surface area (Å²) >= 11 is 3.31. The molecule has 96 valence electrons. The summed E-state index contributed by atoms with van der Waals surface area (Å²) < 4.78 is 0.862. The Hall–Kier alpha value is -1.47. The van der Waals surface area contributed by atoms with Gasteiger partial charge in [-0.05, 0) is 34.5 Å². The number of rotatable bonds is 2. The highest BCUT2D eigenvalue weighted by molar-refractivity contribution is 9.10. The minimum atomic E-state index is -0.424. The highest BCUT2D eigenvalue weighted by Crippen LogP contribution is 2.16. The van der Waals surface area contributed by atoms with Crippen molar-refractivity contribution in [3.05, 3.63) is 22.3 Å². The Balaban J connectivity index is 2.00. The van der Waals surface area contributed by atoms with E-state index in [1.165, 1.54) is 0 Å². The Bertz CT molecular complexity index is 482. The second-order valence-electron chi connectivity index (χ2n) is 4.05. The van der Waals surface area contributed by atoms with Crippen LogP contribution in [0.2, 0.25) is 0 Å². The average molecular weight is 313 g/mol. The minimum Gasteiger partial charge on any atom is -0.353 e. The molecular weight excluding hydrogens is 300 g/mol. The second kappa shape index (κ2) is 5.45. The van der Waals surface area contributed by atoms with E-state index in [1.54, 1.807) is 6.20 Å². The van der Waals surface area contributed by atoms with Crippen molar-refractivity contribution in [2.75, 3.05) is 18.4 Å². The monoisotopic (exact) mass is 312 g/mol. The van der Waals surface area contributed by atoms with E-state index in [4.69, 9.17) is 0 Å². The molecule has 1 fully saturated rings. The fourth-order valence-corrected chi connectivity index (χ4v) is 2.07. The van der Waals surface area contributed by atoms with Gasteiger partial charge in [0.25, 0.3) is 0 Å². The fraction of sp³-hybridized carbons (Fsp3) is 0.364. The molecule has 3 N–H and O–H groups in total. The van der Waals surface area contributed by atoms with Crippen LogP contribution in [-0.4, -0.2) is 35.9 Å². The SMILES string of the molecule is Cc1cc(Br)cnc1NC(=O)C1CNC(=O)CN1. The molecule has 1 saturated heterocycles. The third-order valence-corrected chi connectivity index (χ3v) is 3.05. The predicted molar refractivity (Wildman–Crippen MR) is 70.1 cm³/mol. The molecule has 1 aromatic rings. The second-order valence-corrected chi connectivity index (χ2v) is 4.96. The third kappa shape index (κ3) is 3.05. The zero-order chi connectivity index (χ0) is 13.1. The molecule has 1 aromatic heterocycles. The summed E-state index contributed by atoms with van der Waals surface area (Å²) in [6, 6.07) is 1.45. The van der Waals surface area contributed by atoms with Crippen molar-refractivity contribution >= 4 is 33.6 Å². The number of carbonyl (C=O) groups excluding carboxylic acids is 2. The highest BCUT2D eigenvalue weighted by atomic mass is 79.9. The normalized spacial score (nSPS) is 19.2. The van der Waals surface area contributed by atoms with E-state index in [0.717, 1.165) is 10.0 Å². The Labute approximate surface area is 113 Å². The van der Waals surface area contributed by atoms with Crippen LogP contribution in [0.3, 0.4) is 0 Å². The van der Waals surface area contributed by atoms with Crippen LogP contribution in [-0.2, 0) is 9.59 Å². The first-order chi connectivity index (χ1) is 8.56. The zero-order valence-electron chi connectivity index (χ0n) is 9.79. The molecule has 2 rings (SSSR count). The number of piperazine rings is 1. The van der Waals surface area contributed by atoms with Gasteiger partial charge >= 0.3 is 0 Å². The maximum atomic E-state index is 11.9. The molecule has 1 aliphatic heterocycles. The molecule has 7 heteroatoms. The van der Waals surface area contributed by atoms with Gasteiger partial charge in [-0.25, -0.2) is 4.98 Å². The van der Waals surface area contributed by atoms with Gasteiger partial charge in [0.2, 0.25) is 11.8 Å². The molecule has 6 nitrogen and oxygen atoms in total. The summed E-state index contributed by atoms with van der Waals surface area (Å²) in [5.41, 5.74) is 0.873. The topological polar surface area (TPSA) is 83.1 Å². The number of carbonyl (C=O) groups is 2. The first-order valence-electron chi connectivity index (χ1n) is 5.49. The quantitative estimate of drug-likeness (QED) is 0.727. The smallest absolute Gasteiger partial charge is 0.244 e. The summed E-state index contributed by atoms with van der Waals surface area (Å²) in [4.78, 5) is 27.0. The van der Waals surface area contributed by atoms with Crippen LogP contribution >= 0.6 is 15.9 Å². The number of nitrogens with zero attached hydrogens (tertiary/aromatic N) is 1. The number of hydrogen-bond donors (Lipinski definition) is 3. The molecule has 2 amide bonds. The number of anilines is 1. The van der Waals surface area contributed by atoms with Gasteiger partial charge in [0.05, 0.1) is 6.54 Å². The van der Waals surface area contributed by atoms with Crippen LogP contribution in [0, 0.1) is 6.92 Å². The van der Waals surface area contributed by atoms with Crippen LogP contribution in [0.15, 0.2) is 16.7 Å². The zero-order valence-corrected chi connectivity index (χ0v) is 11.4. The van der Waals surface area contributed by atoms with E-state index in [1.807, 2.05) is 13.0 Å². The molecule has 1 aliphatic rings. The lowest BCUT2D eigenvalue weighted by atomic mass is 10.2. The summed E-state index contributed by atoms with van der Waals surface area (Å²) in [6.07, 6.45) is 1.62. The van der Waals surface area contributed by atoms with E-state index < -0.39 is 6.04 Å². The summed E-state index contributed by atoms with van der Waals surface area (Å²) in [5, 5.41) is 8.23. The van der Waals surface area contributed by atoms with E-state index in [-0.39, 0.29) is 18.4 Å². The molecule has 1 atom stereocenters. The Kier molecular flexibility index (Phi) is 3.93. The number of amides is 2. The highest BCUT2D eigenvalue weighted by Gasteiger charge is 2.24. The van der Waals surface area contributed by atoms with Crippen molar-refractivity contribution < 1.29 is 9.59 Å². The molecule has 0 bridgehead atoms. The standard InChI is InChI=1S/C11H13BrN4O2/c1-6-2-7(12)3-15-10(6)16-11(18)8-4-14-9(17)5-13-8/h2-3,8,13H,4-5H2,1H3,(H,14,17)(H,15,16,18). The van der Waals surface area contributed by atoms with Gasteiger partial charge in [-0.2, -0.15) is 0 Å². The lowest BCUT2D eigenvalue weighted by Crippen LogP contribution is -2.56. The average Bonchev–Trinajstić information content (AvgIpc) is 2.33. The van der Waals surface area contributed by atoms with Crippen LogP contribution < -0.4 is 16.0 Å². The lowest BCUT2D eigenvalue weighted by Gasteiger charge is -2.23. The number of halogens is 1. The molecule has 0 radical (unpaired) electrons. The van der Waals surface area contributed by atoms with Crippen LogP contribution in [0.25, 0.3) is 0 Å². The fourth-order valence-electron chi connectivity index (χ4n) is 1.63. The Morgan fingerprint density at radius 2 is 2.39 bits per heavy atom. The Morgan fingerprint density at radius 3 is 3.00 bits per heavy atom.